The molecular weight excluding hydrogens is 474 g/mol. The first-order valence-electron chi connectivity index (χ1n) is 12.5. The summed E-state index contributed by atoms with van der Waals surface area (Å²) in [6.45, 7) is 14.7. The molecule has 12 heteroatoms. The van der Waals surface area contributed by atoms with Gasteiger partial charge in [-0.3, -0.25) is 4.90 Å². The molecule has 5 N–H and O–H groups in total. The highest BCUT2D eigenvalue weighted by atomic mass is 16.6. The summed E-state index contributed by atoms with van der Waals surface area (Å²) in [5.41, 5.74) is 7.98. The van der Waals surface area contributed by atoms with E-state index >= 15 is 0 Å². The fraction of sp³-hybridized carbons (Fsp3) is 0.480. The van der Waals surface area contributed by atoms with Gasteiger partial charge >= 0.3 is 5.97 Å². The topological polar surface area (TPSA) is 151 Å². The number of anilines is 3. The van der Waals surface area contributed by atoms with Gasteiger partial charge in [0, 0.05) is 63.4 Å². The van der Waals surface area contributed by atoms with Gasteiger partial charge in [-0.25, -0.2) is 9.78 Å². The summed E-state index contributed by atoms with van der Waals surface area (Å²) in [4.78, 5) is 23.2. The average molecular weight is 510 g/mol. The first-order chi connectivity index (χ1) is 17.9. The molecule has 0 atom stereocenters. The summed E-state index contributed by atoms with van der Waals surface area (Å²) in [7, 11) is 0. The highest BCUT2D eigenvalue weighted by Gasteiger charge is 2.37. The third-order valence-electron chi connectivity index (χ3n) is 6.25. The van der Waals surface area contributed by atoms with Crippen molar-refractivity contribution in [1.82, 2.24) is 25.5 Å². The van der Waals surface area contributed by atoms with E-state index in [0.717, 1.165) is 57.8 Å². The van der Waals surface area contributed by atoms with Crippen molar-refractivity contribution in [3.8, 4) is 0 Å². The summed E-state index contributed by atoms with van der Waals surface area (Å²) < 4.78 is 11.2. The molecule has 2 aliphatic heterocycles. The summed E-state index contributed by atoms with van der Waals surface area (Å²) >= 11 is 0. The molecule has 0 amide bonds. The monoisotopic (exact) mass is 509 g/mol. The number of hydrogen-bond acceptors (Lipinski definition) is 12. The van der Waals surface area contributed by atoms with Crippen molar-refractivity contribution in [2.75, 3.05) is 63.5 Å². The van der Waals surface area contributed by atoms with Crippen LogP contribution in [0.1, 0.15) is 41.8 Å². The van der Waals surface area contributed by atoms with Crippen LogP contribution in [-0.4, -0.2) is 85.9 Å². The molecule has 2 aromatic rings. The Bertz CT molecular complexity index is 1150. The lowest BCUT2D eigenvalue weighted by molar-refractivity contribution is 0.00954. The van der Waals surface area contributed by atoms with E-state index in [2.05, 4.69) is 47.7 Å². The number of fused-ring (bicyclic) bond motifs is 1. The molecule has 3 heterocycles. The van der Waals surface area contributed by atoms with Crippen LogP contribution in [0.2, 0.25) is 0 Å². The van der Waals surface area contributed by atoms with Gasteiger partial charge in [0.25, 0.3) is 0 Å². The lowest BCUT2D eigenvalue weighted by atomic mass is 9.95. The Morgan fingerprint density at radius 1 is 1.32 bits per heavy atom. The second-order valence-electron chi connectivity index (χ2n) is 9.37. The van der Waals surface area contributed by atoms with Crippen LogP contribution < -0.4 is 21.7 Å². The number of nitrogens with zero attached hydrogens (tertiary/aromatic N) is 5. The maximum absolute atomic E-state index is 12.0. The van der Waals surface area contributed by atoms with E-state index in [9.17, 15) is 4.79 Å². The number of nitrogens with one attached hydrogen (secondary N) is 3. The number of ether oxygens (including phenoxy) is 2. The van der Waals surface area contributed by atoms with Gasteiger partial charge in [-0.05, 0) is 45.0 Å². The zero-order chi connectivity index (χ0) is 26.3. The molecule has 0 saturated carbocycles. The van der Waals surface area contributed by atoms with E-state index in [1.54, 1.807) is 12.1 Å². The molecule has 1 aromatic heterocycles. The molecule has 1 fully saturated rings. The van der Waals surface area contributed by atoms with Crippen LogP contribution in [0.15, 0.2) is 34.6 Å². The maximum Gasteiger partial charge on any atom is 0.339 e. The van der Waals surface area contributed by atoms with Crippen LogP contribution in [0.25, 0.3) is 0 Å². The number of carbonyl (C=O) groups is 1. The van der Waals surface area contributed by atoms with E-state index in [1.165, 1.54) is 6.20 Å². The van der Waals surface area contributed by atoms with Crippen molar-refractivity contribution < 1.29 is 14.3 Å². The number of hydrogen-bond donors (Lipinski definition) is 4. The Labute approximate surface area is 216 Å². The summed E-state index contributed by atoms with van der Waals surface area (Å²) in [6, 6.07) is 5.34. The highest BCUT2D eigenvalue weighted by Crippen LogP contribution is 2.37. The summed E-state index contributed by atoms with van der Waals surface area (Å²) in [5.74, 6) is 0.373. The fourth-order valence-electron chi connectivity index (χ4n) is 4.28. The van der Waals surface area contributed by atoms with E-state index in [1.807, 2.05) is 19.9 Å². The number of carbonyl (C=O) groups excluding carboxylic acids is 1. The summed E-state index contributed by atoms with van der Waals surface area (Å²) in [6.07, 6.45) is 2.32. The van der Waals surface area contributed by atoms with Crippen LogP contribution in [-0.2, 0) is 15.1 Å². The van der Waals surface area contributed by atoms with Gasteiger partial charge < -0.3 is 31.2 Å². The van der Waals surface area contributed by atoms with E-state index in [4.69, 9.17) is 15.2 Å². The molecule has 37 heavy (non-hydrogen) atoms. The highest BCUT2D eigenvalue weighted by molar-refractivity contribution is 5.98. The Balaban J connectivity index is 1.29. The van der Waals surface area contributed by atoms with Crippen molar-refractivity contribution in [2.24, 2.45) is 10.2 Å². The normalized spacial score (nSPS) is 17.2. The number of rotatable bonds is 11. The Morgan fingerprint density at radius 3 is 2.89 bits per heavy atom. The molecule has 0 spiro atoms. The Kier molecular flexibility index (Phi) is 8.64. The largest absolute Gasteiger partial charge is 0.476 e. The first-order valence-corrected chi connectivity index (χ1v) is 12.5. The average Bonchev–Trinajstić information content (AvgIpc) is 3.11. The molecule has 0 bridgehead atoms. The predicted octanol–water partition coefficient (Wildman–Crippen LogP) is 1.47. The third-order valence-corrected chi connectivity index (χ3v) is 6.25. The van der Waals surface area contributed by atoms with Crippen molar-refractivity contribution >= 4 is 36.0 Å². The number of piperazine rings is 1. The molecule has 198 valence electrons. The van der Waals surface area contributed by atoms with Crippen molar-refractivity contribution in [3.05, 3.63) is 41.1 Å². The minimum Gasteiger partial charge on any atom is -0.476 e. The summed E-state index contributed by atoms with van der Waals surface area (Å²) in [5, 5.41) is 17.5. The molecule has 2 aliphatic rings. The maximum atomic E-state index is 12.0. The molecule has 1 saturated heterocycles. The van der Waals surface area contributed by atoms with Gasteiger partial charge in [0.1, 0.15) is 11.4 Å². The Hall–Kier alpha value is -3.61. The second-order valence-corrected chi connectivity index (χ2v) is 9.37. The predicted molar refractivity (Wildman–Crippen MR) is 143 cm³/mol. The molecule has 0 aliphatic carbocycles. The lowest BCUT2D eigenvalue weighted by Gasteiger charge is -2.27. The second kappa shape index (κ2) is 12.1. The minimum absolute atomic E-state index is 0.189. The van der Waals surface area contributed by atoms with Gasteiger partial charge in [-0.2, -0.15) is 10.1 Å². The number of benzene rings is 1. The molecule has 0 radical (unpaired) electrons. The van der Waals surface area contributed by atoms with Crippen LogP contribution >= 0.6 is 0 Å². The SMILES string of the molecule is C=N/N=C(\OCCCNCCN1CCNCC1)c1cnc(Nc2ccc3c(c2)C(C)(C)OC3=O)nc1N. The number of nitrogens with two attached hydrogens (primary N) is 1. The smallest absolute Gasteiger partial charge is 0.339 e. The molecule has 0 unspecified atom stereocenters. The van der Waals surface area contributed by atoms with Gasteiger partial charge in [0.2, 0.25) is 11.8 Å². The minimum atomic E-state index is -0.700. The van der Waals surface area contributed by atoms with Crippen molar-refractivity contribution in [2.45, 2.75) is 25.9 Å². The van der Waals surface area contributed by atoms with Gasteiger partial charge in [-0.15, -0.1) is 5.10 Å². The number of cyclic esters (lactones) is 1. The van der Waals surface area contributed by atoms with Crippen LogP contribution in [0.3, 0.4) is 0 Å². The number of esters is 1. The van der Waals surface area contributed by atoms with Crippen molar-refractivity contribution in [1.29, 1.82) is 0 Å². The molecule has 12 nitrogen and oxygen atoms in total. The third kappa shape index (κ3) is 6.79. The van der Waals surface area contributed by atoms with Crippen LogP contribution in [0.4, 0.5) is 17.5 Å². The van der Waals surface area contributed by atoms with Crippen LogP contribution in [0.5, 0.6) is 0 Å². The van der Waals surface area contributed by atoms with E-state index < -0.39 is 5.60 Å². The van der Waals surface area contributed by atoms with Gasteiger partial charge in [-0.1, -0.05) is 0 Å². The zero-order valence-corrected chi connectivity index (χ0v) is 21.4. The zero-order valence-electron chi connectivity index (χ0n) is 21.4. The number of aromatic nitrogens is 2. The molecule has 4 rings (SSSR count). The number of nitrogen functional groups attached to an aromatic ring is 1. The fourth-order valence-corrected chi connectivity index (χ4v) is 4.28. The quantitative estimate of drug-likeness (QED) is 0.115. The molecule has 1 aromatic carbocycles. The standard InChI is InChI=1S/C25H35N9O3/c1-25(2)20-15-17(5-6-18(20)23(35)37-25)31-24-30-16-19(21(26)32-24)22(33-27-3)36-14-4-7-28-8-11-34-12-9-29-10-13-34/h5-6,15-16,28-29H,3-4,7-14H2,1-2H3,(H3,26,30,31,32)/b33-22-. The lowest BCUT2D eigenvalue weighted by Crippen LogP contribution is -2.45. The molecular formula is C25H35N9O3. The Morgan fingerprint density at radius 2 is 2.14 bits per heavy atom. The first kappa shape index (κ1) is 26.5. The van der Waals surface area contributed by atoms with Crippen molar-refractivity contribution in [3.63, 3.8) is 0 Å². The van der Waals surface area contributed by atoms with E-state index in [-0.39, 0.29) is 17.7 Å². The van der Waals surface area contributed by atoms with Crippen LogP contribution in [0, 0.1) is 0 Å². The van der Waals surface area contributed by atoms with E-state index in [0.29, 0.717) is 29.4 Å². The van der Waals surface area contributed by atoms with Gasteiger partial charge in [0.05, 0.1) is 17.7 Å². The van der Waals surface area contributed by atoms with Gasteiger partial charge in [0.15, 0.2) is 0 Å².